The van der Waals surface area contributed by atoms with Gasteiger partial charge in [-0.25, -0.2) is 19.9 Å². The van der Waals surface area contributed by atoms with Crippen LogP contribution in [0.5, 0.6) is 11.5 Å². The van der Waals surface area contributed by atoms with Gasteiger partial charge < -0.3 is 9.47 Å². The molecule has 0 aliphatic heterocycles. The number of fused-ring (bicyclic) bond motifs is 2. The van der Waals surface area contributed by atoms with Crippen LogP contribution in [0.4, 0.5) is 0 Å². The Balaban J connectivity index is 0.000000186. The van der Waals surface area contributed by atoms with Gasteiger partial charge in [0, 0.05) is 46.5 Å². The van der Waals surface area contributed by atoms with Crippen molar-refractivity contribution >= 4 is 119 Å². The Morgan fingerprint density at radius 1 is 0.395 bits per heavy atom. The summed E-state index contributed by atoms with van der Waals surface area (Å²) in [5.41, 5.74) is 15.9. The van der Waals surface area contributed by atoms with Gasteiger partial charge in [-0.2, -0.15) is 0 Å². The molecule has 0 aliphatic carbocycles. The first-order valence-corrected chi connectivity index (χ1v) is 54.3. The number of hydrogen-bond donors (Lipinski definition) is 0. The molecule has 0 unspecified atom stereocenters. The van der Waals surface area contributed by atoms with Crippen LogP contribution in [0.3, 0.4) is 0 Å². The maximum atomic E-state index is 6.20. The molecule has 0 bridgehead atoms. The summed E-state index contributed by atoms with van der Waals surface area (Å²) >= 11 is 7.76. The molecule has 450 valence electrons. The van der Waals surface area contributed by atoms with E-state index in [0.29, 0.717) is 0 Å². The number of benzene rings is 6. The molecule has 6 nitrogen and oxygen atoms in total. The van der Waals surface area contributed by atoms with Crippen molar-refractivity contribution in [2.45, 2.75) is 148 Å². The van der Waals surface area contributed by atoms with E-state index in [0.717, 1.165) is 125 Å². The molecular formula is C74H88Br2N4O2S2Sn2. The van der Waals surface area contributed by atoms with Gasteiger partial charge in [0.2, 0.25) is 0 Å². The summed E-state index contributed by atoms with van der Waals surface area (Å²) < 4.78 is 17.6. The summed E-state index contributed by atoms with van der Waals surface area (Å²) in [5, 5.41) is 0. The van der Waals surface area contributed by atoms with Gasteiger partial charge in [-0.05, 0) is 139 Å². The minimum absolute atomic E-state index is 0.738. The van der Waals surface area contributed by atoms with Gasteiger partial charge in [0.05, 0.1) is 47.0 Å². The second kappa shape index (κ2) is 32.3. The molecule has 0 fully saturated rings. The molecule has 0 saturated heterocycles. The second-order valence-corrected chi connectivity index (χ2v) is 59.7. The third kappa shape index (κ3) is 18.8. The summed E-state index contributed by atoms with van der Waals surface area (Å²) in [6.45, 7) is 14.5. The second-order valence-electron chi connectivity index (χ2n) is 24.8. The zero-order valence-electron chi connectivity index (χ0n) is 52.9. The predicted molar refractivity (Wildman–Crippen MR) is 387 cm³/mol. The fourth-order valence-electron chi connectivity index (χ4n) is 10.3. The first-order chi connectivity index (χ1) is 41.3. The van der Waals surface area contributed by atoms with Crippen molar-refractivity contribution in [3.05, 3.63) is 176 Å². The van der Waals surface area contributed by atoms with Gasteiger partial charge in [-0.1, -0.05) is 162 Å². The number of hydrogen-bond acceptors (Lipinski definition) is 8. The van der Waals surface area contributed by atoms with Crippen LogP contribution in [0.1, 0.15) is 112 Å². The van der Waals surface area contributed by atoms with Crippen LogP contribution in [-0.4, -0.2) is 69.9 Å². The zero-order valence-corrected chi connectivity index (χ0v) is 63.4. The first-order valence-electron chi connectivity index (χ1n) is 31.1. The zero-order chi connectivity index (χ0) is 61.4. The van der Waals surface area contributed by atoms with E-state index in [9.17, 15) is 0 Å². The fraction of sp³-hybridized carbons (Fsp3) is 0.351. The number of aromatic nitrogens is 4. The van der Waals surface area contributed by atoms with Crippen molar-refractivity contribution in [1.82, 2.24) is 19.9 Å². The van der Waals surface area contributed by atoms with E-state index in [2.05, 4.69) is 230 Å². The van der Waals surface area contributed by atoms with Gasteiger partial charge >= 0.3 is 95.6 Å². The molecule has 10 aromatic rings. The fourth-order valence-corrected chi connectivity index (χ4v) is 26.0. The van der Waals surface area contributed by atoms with E-state index >= 15 is 0 Å². The van der Waals surface area contributed by atoms with Crippen LogP contribution in [0.15, 0.2) is 155 Å². The van der Waals surface area contributed by atoms with Crippen LogP contribution >= 0.6 is 54.5 Å². The third-order valence-corrected chi connectivity index (χ3v) is 37.5. The Morgan fingerprint density at radius 3 is 1.21 bits per heavy atom. The van der Waals surface area contributed by atoms with E-state index in [1.165, 1.54) is 85.1 Å². The maximum absolute atomic E-state index is 6.20. The molecule has 0 saturated carbocycles. The van der Waals surface area contributed by atoms with Crippen molar-refractivity contribution in [2.24, 2.45) is 0 Å². The van der Waals surface area contributed by atoms with Crippen LogP contribution in [0.2, 0.25) is 29.6 Å². The SMILES string of the molecule is CCCCCCCCOc1cccc(-c2nc3c(-c4ccc(C)s4)ccc(C)c3nc2-c2cccc(C)c2)c1.CCCCCCCCOc1cccc(-c2nc3c(Br)ccc(Br)c3nc2-c2cccc(C)c2)c1.[CH3][Sn]([CH3])([CH3])[c]1cc[c]([Sn]([CH3])([CH3])[CH3])s1. The minimum atomic E-state index is -1.74. The van der Waals surface area contributed by atoms with Crippen molar-refractivity contribution in [1.29, 1.82) is 0 Å². The van der Waals surface area contributed by atoms with Crippen LogP contribution in [0.25, 0.3) is 77.5 Å². The molecule has 0 spiro atoms. The molecule has 4 heterocycles. The Hall–Kier alpha value is -4.44. The molecule has 12 heteroatoms. The number of ether oxygens (including phenoxy) is 2. The molecule has 4 aromatic heterocycles. The van der Waals surface area contributed by atoms with E-state index < -0.39 is 36.8 Å². The average Bonchev–Trinajstić information content (AvgIpc) is 1.20. The van der Waals surface area contributed by atoms with E-state index in [1.54, 1.807) is 17.1 Å². The molecule has 0 atom stereocenters. The molecule has 0 aliphatic rings. The standard InChI is InChI=1S/C35H38N2OS.C29H30Br2N2O.C4H2S.6CH3.2Sn/c1-5-6-7-8-9-10-21-38-29-16-12-15-28(23-29)34-33(27-14-11-13-24(2)22-27)36-32-25(3)17-19-30(35(32)37-34)31-20-18-26(4)39-31;1-3-4-5-6-7-8-17-34-23-14-10-13-22(19-23)27-26(21-12-9-11-20(2)18-21)32-28-24(30)15-16-25(31)29(28)33-27;1-2-4-5-3-1;;;;;;;;/h11-20,22-23H,5-10,21H2,1-4H3;9-16,18-19H,3-8,17H2,1-2H3;1-2H;6*1H3;;. The number of thiophene rings is 2. The number of rotatable bonds is 23. The number of unbranched alkanes of at least 4 members (excludes halogenated alkanes) is 10. The normalized spacial score (nSPS) is 11.6. The number of halogens is 2. The van der Waals surface area contributed by atoms with Crippen LogP contribution in [-0.2, 0) is 0 Å². The number of aryl methyl sites for hydroxylation is 4. The summed E-state index contributed by atoms with van der Waals surface area (Å²) in [6, 6.07) is 51.1. The van der Waals surface area contributed by atoms with E-state index in [4.69, 9.17) is 29.4 Å². The quantitative estimate of drug-likeness (QED) is 0.0469. The third-order valence-electron chi connectivity index (χ3n) is 15.2. The molecule has 0 N–H and O–H groups in total. The molecule has 6 aromatic carbocycles. The van der Waals surface area contributed by atoms with Crippen molar-refractivity contribution < 1.29 is 9.47 Å². The van der Waals surface area contributed by atoms with E-state index in [-0.39, 0.29) is 0 Å². The predicted octanol–water partition coefficient (Wildman–Crippen LogP) is 22.7. The van der Waals surface area contributed by atoms with Gasteiger partial charge in [0.25, 0.3) is 0 Å². The van der Waals surface area contributed by atoms with Gasteiger partial charge in [-0.15, -0.1) is 11.3 Å². The van der Waals surface area contributed by atoms with Gasteiger partial charge in [0.15, 0.2) is 0 Å². The van der Waals surface area contributed by atoms with Crippen molar-refractivity contribution in [2.75, 3.05) is 13.2 Å². The van der Waals surface area contributed by atoms with Crippen LogP contribution in [0, 0.1) is 27.7 Å². The van der Waals surface area contributed by atoms with Gasteiger partial charge in [0.1, 0.15) is 22.5 Å². The van der Waals surface area contributed by atoms with Crippen LogP contribution < -0.4 is 15.3 Å². The Labute approximate surface area is 547 Å². The van der Waals surface area contributed by atoms with Crippen molar-refractivity contribution in [3.63, 3.8) is 0 Å². The number of nitrogens with zero attached hydrogens (tertiary/aromatic N) is 4. The van der Waals surface area contributed by atoms with Gasteiger partial charge in [-0.3, -0.25) is 0 Å². The van der Waals surface area contributed by atoms with E-state index in [1.807, 2.05) is 30.3 Å². The summed E-state index contributed by atoms with van der Waals surface area (Å²) in [4.78, 5) is 38.4. The summed E-state index contributed by atoms with van der Waals surface area (Å²) in [5.74, 6) is 1.76. The van der Waals surface area contributed by atoms with Crippen molar-refractivity contribution in [3.8, 4) is 67.0 Å². The monoisotopic (exact) mass is 1530 g/mol. The molecule has 0 amide bonds. The molecule has 0 radical (unpaired) electrons. The molecule has 86 heavy (non-hydrogen) atoms. The molecule has 10 rings (SSSR count). The Kier molecular flexibility index (Phi) is 25.4. The topological polar surface area (TPSA) is 70.0 Å². The average molecular weight is 1530 g/mol. The molecular weight excluding hydrogens is 1440 g/mol. The summed E-state index contributed by atoms with van der Waals surface area (Å²) in [6.07, 6.45) is 15.0. The summed E-state index contributed by atoms with van der Waals surface area (Å²) in [7, 11) is 0. The Morgan fingerprint density at radius 2 is 0.802 bits per heavy atom. The first kappa shape index (κ1) is 67.5. The Bertz CT molecular complexity index is 3820.